The molecule has 0 bridgehead atoms. The van der Waals surface area contributed by atoms with Gasteiger partial charge in [0.2, 0.25) is 26.2 Å². The van der Waals surface area contributed by atoms with E-state index in [0.717, 1.165) is 271 Å². The first-order valence-electron chi connectivity index (χ1n) is 52.4. The van der Waals surface area contributed by atoms with Gasteiger partial charge in [-0.15, -0.1) is 0 Å². The van der Waals surface area contributed by atoms with Crippen molar-refractivity contribution in [1.29, 1.82) is 0 Å². The van der Waals surface area contributed by atoms with Gasteiger partial charge in [0, 0.05) is 198 Å². The fourth-order valence-corrected chi connectivity index (χ4v) is 23.9. The summed E-state index contributed by atoms with van der Waals surface area (Å²) in [5.74, 6) is 4.73. The number of ether oxygens (including phenoxy) is 8. The Balaban J connectivity index is 0.000000123. The molecule has 29 nitrogen and oxygen atoms in total. The second kappa shape index (κ2) is 48.4. The Bertz CT molecular complexity index is 6570. The quantitative estimate of drug-likeness (QED) is 0.0484. The second-order valence-corrected chi connectivity index (χ2v) is 42.3. The third kappa shape index (κ3) is 24.4. The Morgan fingerprint density at radius 1 is 0.390 bits per heavy atom. The third-order valence-corrected chi connectivity index (χ3v) is 31.7. The van der Waals surface area contributed by atoms with Crippen LogP contribution < -0.4 is 38.5 Å². The third-order valence-electron chi connectivity index (χ3n) is 31.0. The summed E-state index contributed by atoms with van der Waals surface area (Å²) in [6, 6.07) is 42.4. The van der Waals surface area contributed by atoms with Gasteiger partial charge in [-0.05, 0) is 197 Å². The summed E-state index contributed by atoms with van der Waals surface area (Å²) >= 11 is 13.3. The first-order valence-corrected chi connectivity index (χ1v) is 53.2. The van der Waals surface area contributed by atoms with Crippen LogP contribution in [0.15, 0.2) is 134 Å². The van der Waals surface area contributed by atoms with Crippen molar-refractivity contribution in [2.24, 2.45) is 23.7 Å². The molecular weight excluding hydrogens is 1880 g/mol. The number of anilines is 4. The van der Waals surface area contributed by atoms with Crippen LogP contribution in [0.3, 0.4) is 0 Å². The van der Waals surface area contributed by atoms with E-state index < -0.39 is 0 Å². The summed E-state index contributed by atoms with van der Waals surface area (Å²) in [4.78, 5) is 76.7. The van der Waals surface area contributed by atoms with Crippen molar-refractivity contribution < 1.29 is 42.3 Å². The number of nitrogens with zero attached hydrogens (tertiary/aromatic N) is 21. The van der Waals surface area contributed by atoms with Crippen molar-refractivity contribution in [3.63, 3.8) is 0 Å². The van der Waals surface area contributed by atoms with Gasteiger partial charge in [0.25, 0.3) is 0 Å². The maximum atomic E-state index is 14.5. The van der Waals surface area contributed by atoms with Gasteiger partial charge in [-0.25, -0.2) is 30.7 Å². The summed E-state index contributed by atoms with van der Waals surface area (Å²) < 4.78 is 64.9. The standard InChI is InChI=1S/C30H34ClN5O2.C29H34ClN5O2.C29H34N6O2.C26H32FN5O2/c1-32-16-20-7-5-14-36(17-20)29-24-19-37-27(23-11-3-8-21-9-4-12-25(31)28(21)23)15-26(24)33-30(34-29)38-18-22-10-6-13-35(22)2;1-19(16-34(3)4)37-29-32-25-14-26(22-11-5-9-21-10-6-12-24(30)27(21)22)36-18-23(25)28(33-29)35-13-7-8-20(17-35)15-31-2;1-30-14-20-7-5-12-35(17-20)28-25-19-36-27(24-16-31-15-21-8-3-4-10-23(21)24)13-26(25)32-29(33-28)37-18-22-9-6-11-34(22)2;1-28-14-18-7-5-12-32(15-18)25-21-17-33-24(20-9-3-4-10-22(20)27)13-23(21)29-26(30-25)34-16-19-8-6-11-31(19)2/h3-4,8-9,11-12,20,22,27H,5-7,10,13-19H2,2H3;5-6,9-12,19-20,26H,7-8,13-18H2,1,3-4H3;3-4,8,10,15-16,20,22,27H,5-7,9,11-14,17-19H2,2H3;3-4,9-10,18-19,24H,5-8,11-17H2,2H3/t20-,22?,27-;19?,20-,26-;20-,22-,27-;18-,19?,24?/m0000/s1. The number of rotatable bonds is 25. The molecule has 11 aliphatic heterocycles. The minimum atomic E-state index is -0.388. The predicted octanol–water partition coefficient (Wildman–Crippen LogP) is 19.8. The number of likely N-dealkylation sites (tertiary alicyclic amines) is 3. The molecule has 0 N–H and O–H groups in total. The van der Waals surface area contributed by atoms with Crippen LogP contribution in [0.5, 0.6) is 24.0 Å². The maximum Gasteiger partial charge on any atom is 0.318 e. The number of pyridine rings is 1. The van der Waals surface area contributed by atoms with Crippen LogP contribution in [0.25, 0.3) is 51.7 Å². The van der Waals surface area contributed by atoms with Crippen LogP contribution >= 0.6 is 23.2 Å². The molecule has 7 saturated heterocycles. The van der Waals surface area contributed by atoms with Gasteiger partial charge in [0.15, 0.2) is 0 Å². The molecule has 0 saturated carbocycles. The largest absolute Gasteiger partial charge is 0.462 e. The lowest BCUT2D eigenvalue weighted by atomic mass is 9.94. The highest BCUT2D eigenvalue weighted by Crippen LogP contribution is 2.46. The van der Waals surface area contributed by atoms with Crippen molar-refractivity contribution >= 4 is 78.8 Å². The average Bonchev–Trinajstić information content (AvgIpc) is 0.900. The minimum absolute atomic E-state index is 0.0513. The Hall–Kier alpha value is -11.9. The summed E-state index contributed by atoms with van der Waals surface area (Å²) in [6.45, 7) is 48.0. The smallest absolute Gasteiger partial charge is 0.318 e. The van der Waals surface area contributed by atoms with Crippen LogP contribution in [-0.2, 0) is 71.1 Å². The van der Waals surface area contributed by atoms with E-state index in [9.17, 15) is 4.39 Å². The molecule has 5 aromatic heterocycles. The molecule has 11 aliphatic rings. The number of likely N-dealkylation sites (N-methyl/N-ethyl adjacent to an activating group) is 4. The zero-order valence-corrected chi connectivity index (χ0v) is 86.4. The first kappa shape index (κ1) is 103. The second-order valence-electron chi connectivity index (χ2n) is 41.5. The molecule has 4 unspecified atom stereocenters. The van der Waals surface area contributed by atoms with Gasteiger partial charge in [-0.3, -0.25) is 4.98 Å². The zero-order chi connectivity index (χ0) is 101. The van der Waals surface area contributed by atoms with E-state index in [1.165, 1.54) is 30.7 Å². The number of fused-ring (bicyclic) bond motifs is 7. The van der Waals surface area contributed by atoms with E-state index in [1.54, 1.807) is 12.1 Å². The van der Waals surface area contributed by atoms with E-state index in [2.05, 4.69) is 151 Å². The van der Waals surface area contributed by atoms with E-state index in [1.807, 2.05) is 69.8 Å². The topological polar surface area (TPSA) is 233 Å². The summed E-state index contributed by atoms with van der Waals surface area (Å²) in [6.07, 6.45) is 20.8. The molecule has 0 amide bonds. The first-order chi connectivity index (χ1) is 71.3. The van der Waals surface area contributed by atoms with Crippen LogP contribution in [0, 0.1) is 55.8 Å². The highest BCUT2D eigenvalue weighted by molar-refractivity contribution is 6.36. The lowest BCUT2D eigenvalue weighted by Gasteiger charge is -2.35. The number of hydrogen-bond acceptors (Lipinski definition) is 25. The molecule has 0 radical (unpaired) electrons. The lowest BCUT2D eigenvalue weighted by Crippen LogP contribution is -2.38. The minimum Gasteiger partial charge on any atom is -0.462 e. The monoisotopic (exact) mass is 2010 g/mol. The van der Waals surface area contributed by atoms with Gasteiger partial charge in [-0.2, -0.15) is 39.9 Å². The molecule has 11 aromatic rings. The summed E-state index contributed by atoms with van der Waals surface area (Å²) in [5, 5.41) is 8.02. The Morgan fingerprint density at radius 2 is 0.719 bits per heavy atom. The molecule has 146 heavy (non-hydrogen) atoms. The van der Waals surface area contributed by atoms with Crippen molar-refractivity contribution in [2.45, 2.75) is 198 Å². The summed E-state index contributed by atoms with van der Waals surface area (Å²) in [5.41, 5.74) is 11.7. The molecule has 32 heteroatoms. The number of aromatic nitrogens is 9. The molecule has 6 aromatic carbocycles. The maximum absolute atomic E-state index is 14.5. The van der Waals surface area contributed by atoms with Gasteiger partial charge >= 0.3 is 24.0 Å². The summed E-state index contributed by atoms with van der Waals surface area (Å²) in [7, 11) is 10.5. The van der Waals surface area contributed by atoms with Crippen LogP contribution in [0.4, 0.5) is 27.7 Å². The van der Waals surface area contributed by atoms with Crippen LogP contribution in [0.2, 0.25) is 10.0 Å². The molecule has 7 fully saturated rings. The lowest BCUT2D eigenvalue weighted by molar-refractivity contribution is 0.0233. The van der Waals surface area contributed by atoms with Crippen molar-refractivity contribution in [1.82, 2.24) is 64.5 Å². The van der Waals surface area contributed by atoms with Crippen LogP contribution in [-0.4, -0.2) is 248 Å². The fourth-order valence-electron chi connectivity index (χ4n) is 23.3. The highest BCUT2D eigenvalue weighted by Gasteiger charge is 2.40. The highest BCUT2D eigenvalue weighted by atomic mass is 35.5. The molecule has 764 valence electrons. The van der Waals surface area contributed by atoms with Crippen LogP contribution in [0.1, 0.15) is 189 Å². The molecule has 0 spiro atoms. The zero-order valence-electron chi connectivity index (χ0n) is 84.9. The predicted molar refractivity (Wildman–Crippen MR) is 567 cm³/mol. The Kier molecular flexibility index (Phi) is 34.0. The van der Waals surface area contributed by atoms with Crippen molar-refractivity contribution in [3.05, 3.63) is 263 Å². The van der Waals surface area contributed by atoms with E-state index in [-0.39, 0.29) is 36.3 Å². The van der Waals surface area contributed by atoms with Crippen molar-refractivity contribution in [2.75, 3.05) is 179 Å². The number of hydrogen-bond donors (Lipinski definition) is 0. The molecular formula is C114H134Cl2FN21O8. The fraction of sp³-hybridized carbons (Fsp3) is 0.518. The van der Waals surface area contributed by atoms with Gasteiger partial charge in [0.05, 0.1) is 73.6 Å². The Labute approximate surface area is 867 Å². The number of benzene rings is 6. The molecule has 12 atom stereocenters. The number of piperidine rings is 4. The molecule has 0 aliphatic carbocycles. The van der Waals surface area contributed by atoms with Gasteiger partial charge in [0.1, 0.15) is 55.0 Å². The van der Waals surface area contributed by atoms with Gasteiger partial charge in [-0.1, -0.05) is 126 Å². The van der Waals surface area contributed by atoms with E-state index in [0.29, 0.717) is 170 Å². The molecule has 16 heterocycles. The van der Waals surface area contributed by atoms with Gasteiger partial charge < -0.3 is 96.5 Å². The SMILES string of the molecule is [C-]#[N+]C[C@@H]1CCCN(c2nc(OC(C)CN(C)C)nc3c2CO[C@H](c2cccc4cccc(Cl)c24)C3)C1.[C-]#[N+]C[C@@H]1CCCN(c2nc(OCC3CCCN3C)nc3c2COC(c2ccccc2F)C3)C1.[C-]#[N+]C[C@@H]1CCCN(c2nc(OCC3CCCN3C)nc3c2CO[C@H](c2cccc4cccc(Cl)c24)C3)C1.[C-]#[N+]C[C@@H]1CCCN(c2nc(OC[C@@H]3CCCN3C)nc3c2CO[C@H](c2cncc4ccccc24)C3)C1. The number of halogens is 3. The molecule has 22 rings (SSSR count). The van der Waals surface area contributed by atoms with E-state index >= 15 is 0 Å². The Morgan fingerprint density at radius 3 is 1.09 bits per heavy atom. The average molecular weight is 2020 g/mol. The normalized spacial score (nSPS) is 23.3. The van der Waals surface area contributed by atoms with Crippen molar-refractivity contribution in [3.8, 4) is 24.0 Å². The van der Waals surface area contributed by atoms with E-state index in [4.69, 9.17) is 127 Å².